The molecule has 0 fully saturated rings. The highest BCUT2D eigenvalue weighted by molar-refractivity contribution is 5.94. The molecule has 2 heterocycles. The Balaban J connectivity index is 1.69. The van der Waals surface area contributed by atoms with Gasteiger partial charge in [0.2, 0.25) is 0 Å². The lowest BCUT2D eigenvalue weighted by atomic mass is 9.97. The smallest absolute Gasteiger partial charge is 0.254 e. The maximum Gasteiger partial charge on any atom is 0.254 e. The number of benzene rings is 1. The van der Waals surface area contributed by atoms with Gasteiger partial charge in [0.1, 0.15) is 0 Å². The molecule has 0 atom stereocenters. The van der Waals surface area contributed by atoms with Crippen molar-refractivity contribution in [2.45, 2.75) is 65.0 Å². The summed E-state index contributed by atoms with van der Waals surface area (Å²) in [4.78, 5) is 14.8. The van der Waals surface area contributed by atoms with Gasteiger partial charge in [-0.15, -0.1) is 0 Å². The zero-order chi connectivity index (χ0) is 18.9. The Morgan fingerprint density at radius 1 is 1.31 bits per heavy atom. The standard InChI is InChI=1S/C21H29N3O2/c1-14(2)19-17-13-24(12-10-18(17)22-23-19)20(25)16-7-5-15(6-8-16)9-11-21(3,4)26/h5-8,14,26H,9-13H2,1-4H3,(H,22,23). The molecular formula is C21H29N3O2. The molecule has 5 nitrogen and oxygen atoms in total. The summed E-state index contributed by atoms with van der Waals surface area (Å²) in [5.41, 5.74) is 4.61. The molecule has 5 heteroatoms. The van der Waals surface area contributed by atoms with E-state index < -0.39 is 5.60 Å². The van der Waals surface area contributed by atoms with Gasteiger partial charge in [0, 0.05) is 36.3 Å². The SMILES string of the molecule is CC(C)c1n[nH]c2c1CN(C(=O)c1ccc(CCC(C)(C)O)cc1)CC2. The number of aromatic nitrogens is 2. The molecule has 2 N–H and O–H groups in total. The minimum Gasteiger partial charge on any atom is -0.390 e. The van der Waals surface area contributed by atoms with Gasteiger partial charge in [-0.2, -0.15) is 5.10 Å². The summed E-state index contributed by atoms with van der Waals surface area (Å²) in [6, 6.07) is 7.78. The van der Waals surface area contributed by atoms with Crippen LogP contribution in [0.4, 0.5) is 0 Å². The number of nitrogens with zero attached hydrogens (tertiary/aromatic N) is 2. The number of rotatable bonds is 5. The van der Waals surface area contributed by atoms with E-state index in [-0.39, 0.29) is 5.91 Å². The van der Waals surface area contributed by atoms with Crippen molar-refractivity contribution in [3.05, 3.63) is 52.3 Å². The molecular weight excluding hydrogens is 326 g/mol. The van der Waals surface area contributed by atoms with Crippen LogP contribution in [0.3, 0.4) is 0 Å². The molecule has 0 unspecified atom stereocenters. The molecule has 1 aromatic carbocycles. The monoisotopic (exact) mass is 355 g/mol. The molecule has 0 bridgehead atoms. The Morgan fingerprint density at radius 3 is 2.62 bits per heavy atom. The first-order valence-electron chi connectivity index (χ1n) is 9.41. The van der Waals surface area contributed by atoms with Gasteiger partial charge in [0.15, 0.2) is 0 Å². The third-order valence-electron chi connectivity index (χ3n) is 5.03. The number of hydrogen-bond donors (Lipinski definition) is 2. The van der Waals surface area contributed by atoms with Gasteiger partial charge >= 0.3 is 0 Å². The van der Waals surface area contributed by atoms with E-state index in [1.165, 1.54) is 11.3 Å². The van der Waals surface area contributed by atoms with Crippen LogP contribution < -0.4 is 0 Å². The van der Waals surface area contributed by atoms with Crippen LogP contribution >= 0.6 is 0 Å². The number of aromatic amines is 1. The highest BCUT2D eigenvalue weighted by Gasteiger charge is 2.26. The van der Waals surface area contributed by atoms with Crippen LogP contribution in [0.1, 0.15) is 72.9 Å². The molecule has 1 aromatic heterocycles. The highest BCUT2D eigenvalue weighted by atomic mass is 16.3. The molecule has 3 rings (SSSR count). The van der Waals surface area contributed by atoms with Crippen molar-refractivity contribution in [1.29, 1.82) is 0 Å². The van der Waals surface area contributed by atoms with Crippen molar-refractivity contribution in [2.24, 2.45) is 0 Å². The van der Waals surface area contributed by atoms with Crippen LogP contribution in [0.15, 0.2) is 24.3 Å². The molecule has 0 saturated carbocycles. The van der Waals surface area contributed by atoms with Gasteiger partial charge in [0.25, 0.3) is 5.91 Å². The van der Waals surface area contributed by atoms with Crippen molar-refractivity contribution >= 4 is 5.91 Å². The molecule has 1 amide bonds. The van der Waals surface area contributed by atoms with Gasteiger partial charge in [-0.1, -0.05) is 26.0 Å². The zero-order valence-electron chi connectivity index (χ0n) is 16.2. The van der Waals surface area contributed by atoms with Crippen molar-refractivity contribution in [1.82, 2.24) is 15.1 Å². The predicted molar refractivity (Wildman–Crippen MR) is 102 cm³/mol. The summed E-state index contributed by atoms with van der Waals surface area (Å²) >= 11 is 0. The Morgan fingerprint density at radius 2 is 2.00 bits per heavy atom. The maximum absolute atomic E-state index is 12.9. The number of nitrogens with one attached hydrogen (secondary N) is 1. The fourth-order valence-corrected chi connectivity index (χ4v) is 3.41. The van der Waals surface area contributed by atoms with Crippen molar-refractivity contribution in [3.63, 3.8) is 0 Å². The Kier molecular flexibility index (Phi) is 5.19. The summed E-state index contributed by atoms with van der Waals surface area (Å²) in [5.74, 6) is 0.417. The average Bonchev–Trinajstić information content (AvgIpc) is 3.02. The number of amides is 1. The first-order chi connectivity index (χ1) is 12.2. The van der Waals surface area contributed by atoms with E-state index in [4.69, 9.17) is 0 Å². The molecule has 1 aliphatic heterocycles. The number of aryl methyl sites for hydroxylation is 1. The summed E-state index contributed by atoms with van der Waals surface area (Å²) in [5, 5.41) is 17.4. The normalized spacial score (nSPS) is 14.6. The van der Waals surface area contributed by atoms with E-state index in [0.29, 0.717) is 25.4 Å². The second kappa shape index (κ2) is 7.23. The largest absolute Gasteiger partial charge is 0.390 e. The molecule has 0 aliphatic carbocycles. The first kappa shape index (κ1) is 18.6. The van der Waals surface area contributed by atoms with Gasteiger partial charge < -0.3 is 10.0 Å². The third kappa shape index (κ3) is 4.15. The van der Waals surface area contributed by atoms with Gasteiger partial charge in [-0.25, -0.2) is 0 Å². The molecule has 26 heavy (non-hydrogen) atoms. The highest BCUT2D eigenvalue weighted by Crippen LogP contribution is 2.26. The molecule has 1 aliphatic rings. The van der Waals surface area contributed by atoms with E-state index in [1.54, 1.807) is 0 Å². The molecule has 2 aromatic rings. The molecule has 0 spiro atoms. The first-order valence-corrected chi connectivity index (χ1v) is 9.41. The van der Waals surface area contributed by atoms with E-state index >= 15 is 0 Å². The van der Waals surface area contributed by atoms with Crippen molar-refractivity contribution < 1.29 is 9.90 Å². The van der Waals surface area contributed by atoms with Crippen LogP contribution in [0.5, 0.6) is 0 Å². The predicted octanol–water partition coefficient (Wildman–Crippen LogP) is 3.44. The topological polar surface area (TPSA) is 69.2 Å². The summed E-state index contributed by atoms with van der Waals surface area (Å²) in [6.45, 7) is 9.23. The fourth-order valence-electron chi connectivity index (χ4n) is 3.41. The Labute approximate surface area is 155 Å². The second-order valence-corrected chi connectivity index (χ2v) is 8.21. The quantitative estimate of drug-likeness (QED) is 0.863. The fraction of sp³-hybridized carbons (Fsp3) is 0.524. The molecule has 140 valence electrons. The van der Waals surface area contributed by atoms with Crippen molar-refractivity contribution in [3.8, 4) is 0 Å². The lowest BCUT2D eigenvalue weighted by Crippen LogP contribution is -2.36. The van der Waals surface area contributed by atoms with Gasteiger partial charge in [-0.3, -0.25) is 9.89 Å². The zero-order valence-corrected chi connectivity index (χ0v) is 16.2. The van der Waals surface area contributed by atoms with E-state index in [2.05, 4.69) is 24.0 Å². The van der Waals surface area contributed by atoms with Gasteiger partial charge in [0.05, 0.1) is 11.3 Å². The van der Waals surface area contributed by atoms with Crippen molar-refractivity contribution in [2.75, 3.05) is 6.54 Å². The molecule has 0 radical (unpaired) electrons. The van der Waals surface area contributed by atoms with Crippen LogP contribution in [0.2, 0.25) is 0 Å². The van der Waals surface area contributed by atoms with E-state index in [0.717, 1.165) is 29.7 Å². The van der Waals surface area contributed by atoms with E-state index in [9.17, 15) is 9.90 Å². The lowest BCUT2D eigenvalue weighted by Gasteiger charge is -2.27. The minimum absolute atomic E-state index is 0.0700. The Hall–Kier alpha value is -2.14. The third-order valence-corrected chi connectivity index (χ3v) is 5.03. The summed E-state index contributed by atoms with van der Waals surface area (Å²) in [7, 11) is 0. The van der Waals surface area contributed by atoms with Crippen LogP contribution in [0.25, 0.3) is 0 Å². The van der Waals surface area contributed by atoms with E-state index in [1.807, 2.05) is 43.0 Å². The minimum atomic E-state index is -0.668. The summed E-state index contributed by atoms with van der Waals surface area (Å²) < 4.78 is 0. The number of H-pyrrole nitrogens is 1. The average molecular weight is 355 g/mol. The maximum atomic E-state index is 12.9. The number of carbonyl (C=O) groups is 1. The number of fused-ring (bicyclic) bond motifs is 1. The molecule has 0 saturated heterocycles. The number of carbonyl (C=O) groups excluding carboxylic acids is 1. The van der Waals surface area contributed by atoms with Crippen LogP contribution in [0, 0.1) is 0 Å². The van der Waals surface area contributed by atoms with Crippen LogP contribution in [-0.2, 0) is 19.4 Å². The number of aliphatic hydroxyl groups is 1. The van der Waals surface area contributed by atoms with Gasteiger partial charge in [-0.05, 0) is 50.3 Å². The van der Waals surface area contributed by atoms with Crippen LogP contribution in [-0.4, -0.2) is 38.3 Å². The lowest BCUT2D eigenvalue weighted by molar-refractivity contribution is 0.0710. The Bertz CT molecular complexity index is 770. The number of hydrogen-bond acceptors (Lipinski definition) is 3. The second-order valence-electron chi connectivity index (χ2n) is 8.21. The summed E-state index contributed by atoms with van der Waals surface area (Å²) in [6.07, 6.45) is 2.33.